The minimum Gasteiger partial charge on any atom is -0.349 e. The molecule has 1 fully saturated rings. The summed E-state index contributed by atoms with van der Waals surface area (Å²) in [6.07, 6.45) is 3.64. The van der Waals surface area contributed by atoms with Crippen LogP contribution < -0.4 is 10.0 Å². The molecule has 1 heterocycles. The molecule has 0 radical (unpaired) electrons. The van der Waals surface area contributed by atoms with Gasteiger partial charge in [0, 0.05) is 29.4 Å². The number of aromatic nitrogens is 1. The maximum Gasteiger partial charge on any atom is 0.240 e. The molecule has 2 N–H and O–H groups in total. The van der Waals surface area contributed by atoms with Gasteiger partial charge in [-0.2, -0.15) is 0 Å². The van der Waals surface area contributed by atoms with E-state index in [1.165, 1.54) is 24.3 Å². The number of nitrogens with zero attached hydrogens (tertiary/aromatic N) is 1. The predicted octanol–water partition coefficient (Wildman–Crippen LogP) is 5.05. The molecular weight excluding hydrogens is 484 g/mol. The lowest BCUT2D eigenvalue weighted by atomic mass is 9.85. The fourth-order valence-electron chi connectivity index (χ4n) is 4.54. The van der Waals surface area contributed by atoms with E-state index >= 15 is 0 Å². The van der Waals surface area contributed by atoms with Gasteiger partial charge >= 0.3 is 0 Å². The third-order valence-electron chi connectivity index (χ3n) is 6.61. The Kier molecular flexibility index (Phi) is 7.80. The van der Waals surface area contributed by atoms with Crippen LogP contribution in [0.4, 0.5) is 8.78 Å². The van der Waals surface area contributed by atoms with E-state index in [0.717, 1.165) is 17.3 Å². The average molecular weight is 514 g/mol. The van der Waals surface area contributed by atoms with Crippen LogP contribution in [-0.2, 0) is 14.8 Å². The third kappa shape index (κ3) is 6.14. The van der Waals surface area contributed by atoms with Gasteiger partial charge in [-0.05, 0) is 87.1 Å². The first-order chi connectivity index (χ1) is 17.1. The molecule has 0 unspecified atom stereocenters. The van der Waals surface area contributed by atoms with Gasteiger partial charge in [0.1, 0.15) is 11.6 Å². The largest absolute Gasteiger partial charge is 0.349 e. The normalized spacial score (nSPS) is 19.0. The van der Waals surface area contributed by atoms with Crippen LogP contribution in [0.1, 0.15) is 49.9 Å². The first-order valence-corrected chi connectivity index (χ1v) is 13.4. The summed E-state index contributed by atoms with van der Waals surface area (Å²) in [5.74, 6) is -1.29. The van der Waals surface area contributed by atoms with Crippen molar-refractivity contribution in [3.63, 3.8) is 0 Å². The number of amides is 1. The topological polar surface area (TPSA) is 88.2 Å². The number of hydrogen-bond donors (Lipinski definition) is 2. The highest BCUT2D eigenvalue weighted by atomic mass is 32.2. The van der Waals surface area contributed by atoms with Crippen LogP contribution in [0.3, 0.4) is 0 Å². The molecule has 1 saturated carbocycles. The fraction of sp³-hybridized carbons (Fsp3) is 0.333. The minimum atomic E-state index is -3.92. The standard InChI is InChI=1S/C27H29F2N3O3S/c1-17-15-21(13-14-30-17)25-12-11-24(16-26(25)29)36(34,35)32-23-9-5-20(6-10-23)27(33)31-18(2)19-3-7-22(28)8-4-19/h3-4,7-8,11-16,18,20,23,32H,5-6,9-10H2,1-2H3,(H,31,33)/t18-,20-,23-/m1/s1. The number of carbonyl (C=O) groups is 1. The molecule has 3 aromatic rings. The molecule has 1 amide bonds. The number of hydrogen-bond acceptors (Lipinski definition) is 4. The van der Waals surface area contributed by atoms with Crippen molar-refractivity contribution in [1.82, 2.24) is 15.0 Å². The van der Waals surface area contributed by atoms with Crippen molar-refractivity contribution < 1.29 is 22.0 Å². The SMILES string of the molecule is Cc1cc(-c2ccc(S(=O)(=O)N[C@H]3CC[C@H](C(=O)N[C@H](C)c4ccc(F)cc4)CC3)cc2F)ccn1. The average Bonchev–Trinajstić information content (AvgIpc) is 2.84. The Balaban J connectivity index is 1.34. The van der Waals surface area contributed by atoms with Crippen LogP contribution >= 0.6 is 0 Å². The molecule has 0 bridgehead atoms. The number of aryl methyl sites for hydroxylation is 1. The van der Waals surface area contributed by atoms with Crippen LogP contribution in [0, 0.1) is 24.5 Å². The number of benzene rings is 2. The van der Waals surface area contributed by atoms with Crippen LogP contribution in [0.5, 0.6) is 0 Å². The zero-order valence-electron chi connectivity index (χ0n) is 20.2. The number of sulfonamides is 1. The summed E-state index contributed by atoms with van der Waals surface area (Å²) in [5, 5.41) is 2.96. The Morgan fingerprint density at radius 2 is 1.69 bits per heavy atom. The molecule has 2 aromatic carbocycles. The maximum atomic E-state index is 14.8. The Labute approximate surface area is 210 Å². The first-order valence-electron chi connectivity index (χ1n) is 11.9. The van der Waals surface area contributed by atoms with E-state index in [4.69, 9.17) is 0 Å². The van der Waals surface area contributed by atoms with Gasteiger partial charge in [0.2, 0.25) is 15.9 Å². The first kappa shape index (κ1) is 25.9. The van der Waals surface area contributed by atoms with E-state index in [0.29, 0.717) is 36.8 Å². The van der Waals surface area contributed by atoms with E-state index in [2.05, 4.69) is 15.0 Å². The van der Waals surface area contributed by atoms with Crippen molar-refractivity contribution in [1.29, 1.82) is 0 Å². The van der Waals surface area contributed by atoms with Crippen molar-refractivity contribution in [3.8, 4) is 11.1 Å². The Hall–Kier alpha value is -3.17. The summed E-state index contributed by atoms with van der Waals surface area (Å²) in [6, 6.07) is 12.7. The second-order valence-corrected chi connectivity index (χ2v) is 11.0. The van der Waals surface area contributed by atoms with E-state index in [1.807, 2.05) is 6.92 Å². The highest BCUT2D eigenvalue weighted by molar-refractivity contribution is 7.89. The summed E-state index contributed by atoms with van der Waals surface area (Å²) < 4.78 is 56.4. The van der Waals surface area contributed by atoms with Crippen molar-refractivity contribution in [2.75, 3.05) is 0 Å². The lowest BCUT2D eigenvalue weighted by Gasteiger charge is -2.29. The quantitative estimate of drug-likeness (QED) is 0.463. The van der Waals surface area contributed by atoms with Gasteiger partial charge in [-0.15, -0.1) is 0 Å². The molecule has 36 heavy (non-hydrogen) atoms. The van der Waals surface area contributed by atoms with E-state index in [1.54, 1.807) is 37.4 Å². The number of pyridine rings is 1. The number of carbonyl (C=O) groups excluding carboxylic acids is 1. The summed E-state index contributed by atoms with van der Waals surface area (Å²) in [7, 11) is -3.92. The van der Waals surface area contributed by atoms with Gasteiger partial charge in [-0.3, -0.25) is 9.78 Å². The molecule has 1 aliphatic carbocycles. The molecule has 190 valence electrons. The zero-order chi connectivity index (χ0) is 25.9. The Bertz CT molecular complexity index is 1340. The third-order valence-corrected chi connectivity index (χ3v) is 8.13. The van der Waals surface area contributed by atoms with Crippen LogP contribution in [-0.4, -0.2) is 25.4 Å². The molecule has 1 aliphatic rings. The number of nitrogens with one attached hydrogen (secondary N) is 2. The molecule has 9 heteroatoms. The van der Waals surface area contributed by atoms with Crippen LogP contribution in [0.2, 0.25) is 0 Å². The highest BCUT2D eigenvalue weighted by Crippen LogP contribution is 2.28. The van der Waals surface area contributed by atoms with E-state index in [9.17, 15) is 22.0 Å². The Morgan fingerprint density at radius 3 is 2.33 bits per heavy atom. The van der Waals surface area contributed by atoms with Crippen LogP contribution in [0.15, 0.2) is 65.7 Å². The molecule has 1 atom stereocenters. The molecule has 4 rings (SSSR count). The molecular formula is C27H29F2N3O3S. The second kappa shape index (κ2) is 10.8. The smallest absolute Gasteiger partial charge is 0.240 e. The van der Waals surface area contributed by atoms with Gasteiger partial charge in [0.15, 0.2) is 0 Å². The van der Waals surface area contributed by atoms with Crippen molar-refractivity contribution in [2.24, 2.45) is 5.92 Å². The van der Waals surface area contributed by atoms with Crippen molar-refractivity contribution >= 4 is 15.9 Å². The number of halogens is 2. The summed E-state index contributed by atoms with van der Waals surface area (Å²) in [6.45, 7) is 3.64. The maximum absolute atomic E-state index is 14.8. The molecule has 6 nitrogen and oxygen atoms in total. The van der Waals surface area contributed by atoms with Gasteiger partial charge in [-0.25, -0.2) is 21.9 Å². The summed E-state index contributed by atoms with van der Waals surface area (Å²) >= 11 is 0. The lowest BCUT2D eigenvalue weighted by Crippen LogP contribution is -2.41. The predicted molar refractivity (Wildman–Crippen MR) is 133 cm³/mol. The molecule has 0 saturated heterocycles. The molecule has 0 aliphatic heterocycles. The lowest BCUT2D eigenvalue weighted by molar-refractivity contribution is -0.126. The monoisotopic (exact) mass is 513 g/mol. The molecule has 1 aromatic heterocycles. The minimum absolute atomic E-state index is 0.0999. The summed E-state index contributed by atoms with van der Waals surface area (Å²) in [4.78, 5) is 16.7. The second-order valence-electron chi connectivity index (χ2n) is 9.28. The van der Waals surface area contributed by atoms with E-state index < -0.39 is 15.8 Å². The molecule has 0 spiro atoms. The van der Waals surface area contributed by atoms with Crippen molar-refractivity contribution in [3.05, 3.63) is 83.7 Å². The summed E-state index contributed by atoms with van der Waals surface area (Å²) in [5.41, 5.74) is 2.48. The van der Waals surface area contributed by atoms with Gasteiger partial charge in [-0.1, -0.05) is 18.2 Å². The Morgan fingerprint density at radius 1 is 1.00 bits per heavy atom. The van der Waals surface area contributed by atoms with Gasteiger partial charge < -0.3 is 5.32 Å². The van der Waals surface area contributed by atoms with Gasteiger partial charge in [0.05, 0.1) is 10.9 Å². The zero-order valence-corrected chi connectivity index (χ0v) is 21.0. The van der Waals surface area contributed by atoms with E-state index in [-0.39, 0.29) is 34.6 Å². The highest BCUT2D eigenvalue weighted by Gasteiger charge is 2.30. The fourth-order valence-corrected chi connectivity index (χ4v) is 5.85. The van der Waals surface area contributed by atoms with Crippen LogP contribution in [0.25, 0.3) is 11.1 Å². The van der Waals surface area contributed by atoms with Gasteiger partial charge in [0.25, 0.3) is 0 Å². The van der Waals surface area contributed by atoms with Crippen molar-refractivity contribution in [2.45, 2.75) is 56.5 Å². The number of rotatable bonds is 7.